The molecule has 2 heterocycles. The standard InChI is InChI=1S/C20H18N4O3/c25-18(13-24-17-5-2-1-4-16(17)21-12-20(24)27)22-14-7-9-15(10-8-14)23-11-3-6-19(23)26/h1-2,4-5,7-10,12H,3,6,11,13H2,(H,22,25). The van der Waals surface area contributed by atoms with E-state index in [1.807, 2.05) is 18.2 Å². The number of nitrogens with one attached hydrogen (secondary N) is 1. The van der Waals surface area contributed by atoms with Gasteiger partial charge in [-0.3, -0.25) is 19.0 Å². The molecule has 1 saturated heterocycles. The number of aromatic nitrogens is 2. The maximum absolute atomic E-state index is 12.4. The highest BCUT2D eigenvalue weighted by atomic mass is 16.2. The number of hydrogen-bond donors (Lipinski definition) is 1. The zero-order chi connectivity index (χ0) is 18.8. The van der Waals surface area contributed by atoms with E-state index < -0.39 is 0 Å². The van der Waals surface area contributed by atoms with Gasteiger partial charge in [0.25, 0.3) is 5.56 Å². The van der Waals surface area contributed by atoms with Crippen molar-refractivity contribution < 1.29 is 9.59 Å². The zero-order valence-corrected chi connectivity index (χ0v) is 14.6. The lowest BCUT2D eigenvalue weighted by atomic mass is 10.2. The summed E-state index contributed by atoms with van der Waals surface area (Å²) in [5.41, 5.74) is 2.38. The van der Waals surface area contributed by atoms with Crippen molar-refractivity contribution in [2.24, 2.45) is 0 Å². The first-order chi connectivity index (χ1) is 13.1. The van der Waals surface area contributed by atoms with Crippen LogP contribution in [0.2, 0.25) is 0 Å². The van der Waals surface area contributed by atoms with E-state index in [4.69, 9.17) is 0 Å². The topological polar surface area (TPSA) is 84.3 Å². The molecule has 0 bridgehead atoms. The number of anilines is 2. The summed E-state index contributed by atoms with van der Waals surface area (Å²) in [5, 5.41) is 2.79. The lowest BCUT2D eigenvalue weighted by Gasteiger charge is -2.16. The van der Waals surface area contributed by atoms with Gasteiger partial charge >= 0.3 is 0 Å². The second-order valence-corrected chi connectivity index (χ2v) is 6.42. The van der Waals surface area contributed by atoms with Gasteiger partial charge in [-0.2, -0.15) is 0 Å². The molecule has 2 aromatic carbocycles. The number of para-hydroxylation sites is 2. The highest BCUT2D eigenvalue weighted by Crippen LogP contribution is 2.23. The molecule has 1 aliphatic rings. The van der Waals surface area contributed by atoms with Crippen molar-refractivity contribution in [3.63, 3.8) is 0 Å². The van der Waals surface area contributed by atoms with E-state index >= 15 is 0 Å². The third-order valence-corrected chi connectivity index (χ3v) is 4.59. The Balaban J connectivity index is 1.49. The van der Waals surface area contributed by atoms with Gasteiger partial charge < -0.3 is 10.2 Å². The molecule has 0 unspecified atom stereocenters. The molecule has 7 heteroatoms. The van der Waals surface area contributed by atoms with Gasteiger partial charge in [0.15, 0.2) is 0 Å². The van der Waals surface area contributed by atoms with Gasteiger partial charge in [-0.05, 0) is 42.8 Å². The number of fused-ring (bicyclic) bond motifs is 1. The normalized spacial score (nSPS) is 13.9. The molecular weight excluding hydrogens is 344 g/mol. The second-order valence-electron chi connectivity index (χ2n) is 6.42. The molecule has 0 atom stereocenters. The number of carbonyl (C=O) groups excluding carboxylic acids is 2. The maximum Gasteiger partial charge on any atom is 0.269 e. The van der Waals surface area contributed by atoms with E-state index in [2.05, 4.69) is 10.3 Å². The van der Waals surface area contributed by atoms with E-state index in [0.29, 0.717) is 23.1 Å². The SMILES string of the molecule is O=C(Cn1c(=O)cnc2ccccc21)Nc1ccc(N2CCCC2=O)cc1. The monoisotopic (exact) mass is 362 g/mol. The summed E-state index contributed by atoms with van der Waals surface area (Å²) >= 11 is 0. The second kappa shape index (κ2) is 7.03. The van der Waals surface area contributed by atoms with Crippen molar-refractivity contribution in [1.82, 2.24) is 9.55 Å². The summed E-state index contributed by atoms with van der Waals surface area (Å²) in [6.45, 7) is 0.622. The van der Waals surface area contributed by atoms with Crippen molar-refractivity contribution in [2.75, 3.05) is 16.8 Å². The Kier molecular flexibility index (Phi) is 4.42. The van der Waals surface area contributed by atoms with Gasteiger partial charge in [0.2, 0.25) is 11.8 Å². The minimum Gasteiger partial charge on any atom is -0.325 e. The van der Waals surface area contributed by atoms with E-state index in [0.717, 1.165) is 18.7 Å². The van der Waals surface area contributed by atoms with Crippen molar-refractivity contribution in [2.45, 2.75) is 19.4 Å². The Morgan fingerprint density at radius 1 is 1.07 bits per heavy atom. The number of amides is 2. The average molecular weight is 362 g/mol. The van der Waals surface area contributed by atoms with Crippen LogP contribution in [0.15, 0.2) is 59.5 Å². The van der Waals surface area contributed by atoms with Crippen LogP contribution in [0, 0.1) is 0 Å². The first-order valence-electron chi connectivity index (χ1n) is 8.77. The Morgan fingerprint density at radius 3 is 2.59 bits per heavy atom. The molecule has 1 aromatic heterocycles. The highest BCUT2D eigenvalue weighted by Gasteiger charge is 2.21. The van der Waals surface area contributed by atoms with Crippen LogP contribution < -0.4 is 15.8 Å². The Morgan fingerprint density at radius 2 is 1.85 bits per heavy atom. The molecule has 0 radical (unpaired) electrons. The van der Waals surface area contributed by atoms with Gasteiger partial charge in [0, 0.05) is 24.3 Å². The highest BCUT2D eigenvalue weighted by molar-refractivity contribution is 5.96. The van der Waals surface area contributed by atoms with Crippen LogP contribution in [-0.4, -0.2) is 27.9 Å². The molecule has 3 aromatic rings. The van der Waals surface area contributed by atoms with Crippen molar-refractivity contribution in [3.8, 4) is 0 Å². The molecule has 0 spiro atoms. The summed E-state index contributed by atoms with van der Waals surface area (Å²) in [4.78, 5) is 42.2. The molecular formula is C20H18N4O3. The lowest BCUT2D eigenvalue weighted by molar-refractivity contribution is -0.117. The molecule has 1 aliphatic heterocycles. The van der Waals surface area contributed by atoms with Crippen LogP contribution in [-0.2, 0) is 16.1 Å². The van der Waals surface area contributed by atoms with Crippen LogP contribution in [0.25, 0.3) is 11.0 Å². The van der Waals surface area contributed by atoms with Crippen LogP contribution in [0.5, 0.6) is 0 Å². The van der Waals surface area contributed by atoms with Gasteiger partial charge in [-0.1, -0.05) is 12.1 Å². The Labute approximate surface area is 155 Å². The summed E-state index contributed by atoms with van der Waals surface area (Å²) < 4.78 is 1.40. The van der Waals surface area contributed by atoms with Crippen molar-refractivity contribution in [1.29, 1.82) is 0 Å². The van der Waals surface area contributed by atoms with E-state index in [1.54, 1.807) is 35.2 Å². The van der Waals surface area contributed by atoms with Crippen LogP contribution in [0.1, 0.15) is 12.8 Å². The first-order valence-corrected chi connectivity index (χ1v) is 8.77. The number of hydrogen-bond acceptors (Lipinski definition) is 4. The molecule has 2 amide bonds. The molecule has 0 aliphatic carbocycles. The quantitative estimate of drug-likeness (QED) is 0.771. The maximum atomic E-state index is 12.4. The minimum atomic E-state index is -0.327. The van der Waals surface area contributed by atoms with E-state index in [-0.39, 0.29) is 23.9 Å². The molecule has 1 fully saturated rings. The fraction of sp³-hybridized carbons (Fsp3) is 0.200. The fourth-order valence-electron chi connectivity index (χ4n) is 3.27. The van der Waals surface area contributed by atoms with Crippen molar-refractivity contribution in [3.05, 3.63) is 65.1 Å². The van der Waals surface area contributed by atoms with Crippen LogP contribution >= 0.6 is 0 Å². The first kappa shape index (κ1) is 17.0. The molecule has 27 heavy (non-hydrogen) atoms. The lowest BCUT2D eigenvalue weighted by Crippen LogP contribution is -2.28. The number of benzene rings is 2. The molecule has 0 saturated carbocycles. The number of carbonyl (C=O) groups is 2. The predicted octanol–water partition coefficient (Wildman–Crippen LogP) is 2.16. The number of nitrogens with zero attached hydrogens (tertiary/aromatic N) is 3. The van der Waals surface area contributed by atoms with E-state index in [9.17, 15) is 14.4 Å². The van der Waals surface area contributed by atoms with Crippen LogP contribution in [0.4, 0.5) is 11.4 Å². The zero-order valence-electron chi connectivity index (χ0n) is 14.6. The van der Waals surface area contributed by atoms with Gasteiger partial charge in [-0.25, -0.2) is 4.98 Å². The molecule has 4 rings (SSSR count). The van der Waals surface area contributed by atoms with Crippen LogP contribution in [0.3, 0.4) is 0 Å². The Bertz CT molecular complexity index is 1070. The summed E-state index contributed by atoms with van der Waals surface area (Å²) in [6.07, 6.45) is 2.66. The van der Waals surface area contributed by atoms with E-state index in [1.165, 1.54) is 10.8 Å². The number of rotatable bonds is 4. The third-order valence-electron chi connectivity index (χ3n) is 4.59. The smallest absolute Gasteiger partial charge is 0.269 e. The van der Waals surface area contributed by atoms with Crippen molar-refractivity contribution >= 4 is 34.2 Å². The third kappa shape index (κ3) is 3.44. The minimum absolute atomic E-state index is 0.103. The van der Waals surface area contributed by atoms with Gasteiger partial charge in [0.05, 0.1) is 17.2 Å². The van der Waals surface area contributed by atoms with Gasteiger partial charge in [-0.15, -0.1) is 0 Å². The summed E-state index contributed by atoms with van der Waals surface area (Å²) in [6, 6.07) is 14.3. The molecule has 1 N–H and O–H groups in total. The molecule has 136 valence electrons. The largest absolute Gasteiger partial charge is 0.325 e. The Hall–Kier alpha value is -3.48. The fourth-order valence-corrected chi connectivity index (χ4v) is 3.27. The molecule has 7 nitrogen and oxygen atoms in total. The predicted molar refractivity (Wildman–Crippen MR) is 103 cm³/mol. The average Bonchev–Trinajstić information content (AvgIpc) is 3.11. The summed E-state index contributed by atoms with van der Waals surface area (Å²) in [5.74, 6) is -0.186. The van der Waals surface area contributed by atoms with Gasteiger partial charge in [0.1, 0.15) is 6.54 Å². The summed E-state index contributed by atoms with van der Waals surface area (Å²) in [7, 11) is 0.